The Balaban J connectivity index is 1.45. The highest BCUT2D eigenvalue weighted by Crippen LogP contribution is 2.63. The summed E-state index contributed by atoms with van der Waals surface area (Å²) in [5.41, 5.74) is 2.20. The van der Waals surface area contributed by atoms with Crippen LogP contribution in [-0.4, -0.2) is 17.3 Å². The Labute approximate surface area is 137 Å². The molecule has 3 heteroatoms. The number of amides is 1. The molecule has 0 spiro atoms. The molecule has 0 aliphatic heterocycles. The van der Waals surface area contributed by atoms with Crippen LogP contribution in [0, 0.1) is 24.2 Å². The van der Waals surface area contributed by atoms with Gasteiger partial charge >= 0.3 is 0 Å². The van der Waals surface area contributed by atoms with Crippen molar-refractivity contribution >= 4 is 17.5 Å². The third-order valence-electron chi connectivity index (χ3n) is 6.05. The first-order chi connectivity index (χ1) is 10.5. The topological polar surface area (TPSA) is 29.1 Å². The minimum atomic E-state index is 0.0265. The zero-order valence-electron chi connectivity index (χ0n) is 13.2. The molecule has 0 unspecified atom stereocenters. The number of hydrogen-bond donors (Lipinski definition) is 1. The van der Waals surface area contributed by atoms with Crippen molar-refractivity contribution in [2.75, 3.05) is 6.54 Å². The van der Waals surface area contributed by atoms with Gasteiger partial charge in [-0.2, -0.15) is 0 Å². The lowest BCUT2D eigenvalue weighted by molar-refractivity contribution is -0.0379. The molecule has 0 saturated heterocycles. The SMILES string of the molecule is Cc1ccc(C(=O)NCC23C[C@@H]4C[C@H](CC(Cl)(C4)C2)C3)cc1. The van der Waals surface area contributed by atoms with E-state index in [1.807, 2.05) is 31.2 Å². The second kappa shape index (κ2) is 4.99. The van der Waals surface area contributed by atoms with Gasteiger partial charge in [-0.05, 0) is 74.8 Å². The molecule has 5 rings (SSSR count). The highest BCUT2D eigenvalue weighted by molar-refractivity contribution is 6.24. The Hall–Kier alpha value is -1.02. The number of benzene rings is 1. The Morgan fingerprint density at radius 1 is 1.18 bits per heavy atom. The molecule has 1 N–H and O–H groups in total. The van der Waals surface area contributed by atoms with Gasteiger partial charge in [0.1, 0.15) is 0 Å². The van der Waals surface area contributed by atoms with Crippen LogP contribution in [0.5, 0.6) is 0 Å². The van der Waals surface area contributed by atoms with Crippen molar-refractivity contribution < 1.29 is 4.79 Å². The van der Waals surface area contributed by atoms with E-state index < -0.39 is 0 Å². The number of rotatable bonds is 3. The van der Waals surface area contributed by atoms with Crippen molar-refractivity contribution in [3.63, 3.8) is 0 Å². The summed E-state index contributed by atoms with van der Waals surface area (Å²) < 4.78 is 0. The van der Waals surface area contributed by atoms with Crippen LogP contribution < -0.4 is 5.32 Å². The lowest BCUT2D eigenvalue weighted by Gasteiger charge is -2.60. The fourth-order valence-corrected chi connectivity index (χ4v) is 6.34. The first-order valence-corrected chi connectivity index (χ1v) is 8.87. The molecule has 118 valence electrons. The zero-order chi connectivity index (χ0) is 15.4. The van der Waals surface area contributed by atoms with E-state index in [9.17, 15) is 4.79 Å². The van der Waals surface area contributed by atoms with Crippen molar-refractivity contribution in [3.05, 3.63) is 35.4 Å². The van der Waals surface area contributed by atoms with Crippen LogP contribution in [0.4, 0.5) is 0 Å². The van der Waals surface area contributed by atoms with Gasteiger partial charge in [0, 0.05) is 17.0 Å². The van der Waals surface area contributed by atoms with E-state index in [2.05, 4.69) is 5.32 Å². The molecule has 4 fully saturated rings. The number of alkyl halides is 1. The Bertz CT molecular complexity index is 580. The van der Waals surface area contributed by atoms with Gasteiger partial charge in [-0.25, -0.2) is 0 Å². The van der Waals surface area contributed by atoms with Crippen molar-refractivity contribution in [1.82, 2.24) is 5.32 Å². The number of nitrogens with one attached hydrogen (secondary N) is 1. The van der Waals surface area contributed by atoms with Gasteiger partial charge in [0.25, 0.3) is 5.91 Å². The molecule has 0 heterocycles. The van der Waals surface area contributed by atoms with Gasteiger partial charge in [-0.3, -0.25) is 4.79 Å². The second-order valence-electron chi connectivity index (χ2n) is 8.16. The maximum absolute atomic E-state index is 12.4. The minimum Gasteiger partial charge on any atom is -0.351 e. The molecule has 2 nitrogen and oxygen atoms in total. The van der Waals surface area contributed by atoms with Gasteiger partial charge in [0.05, 0.1) is 0 Å². The largest absolute Gasteiger partial charge is 0.351 e. The molecule has 4 saturated carbocycles. The minimum absolute atomic E-state index is 0.0265. The smallest absolute Gasteiger partial charge is 0.251 e. The summed E-state index contributed by atoms with van der Waals surface area (Å²) in [7, 11) is 0. The van der Waals surface area contributed by atoms with Crippen molar-refractivity contribution in [3.8, 4) is 0 Å². The molecule has 1 amide bonds. The van der Waals surface area contributed by atoms with Gasteiger partial charge in [-0.1, -0.05) is 17.7 Å². The summed E-state index contributed by atoms with van der Waals surface area (Å²) in [5.74, 6) is 1.63. The standard InChI is InChI=1S/C19H24ClNO/c1-13-2-4-16(5-3-13)17(22)21-12-18-7-14-6-15(8-18)10-19(20,9-14)11-18/h2-5,14-15H,6-12H2,1H3,(H,21,22)/t14-,15-,18?,19?/m0/s1. The average Bonchev–Trinajstić information content (AvgIpc) is 2.43. The Morgan fingerprint density at radius 3 is 2.41 bits per heavy atom. The molecule has 1 aromatic rings. The monoisotopic (exact) mass is 317 g/mol. The second-order valence-corrected chi connectivity index (χ2v) is 8.96. The summed E-state index contributed by atoms with van der Waals surface area (Å²) in [6.07, 6.45) is 7.35. The van der Waals surface area contributed by atoms with E-state index in [1.54, 1.807) is 0 Å². The molecular weight excluding hydrogens is 294 g/mol. The van der Waals surface area contributed by atoms with Crippen molar-refractivity contribution in [1.29, 1.82) is 0 Å². The van der Waals surface area contributed by atoms with Gasteiger partial charge in [0.2, 0.25) is 0 Å². The fraction of sp³-hybridized carbons (Fsp3) is 0.632. The third kappa shape index (κ3) is 2.56. The van der Waals surface area contributed by atoms with Crippen LogP contribution in [-0.2, 0) is 0 Å². The summed E-state index contributed by atoms with van der Waals surface area (Å²) in [6.45, 7) is 2.83. The van der Waals surface area contributed by atoms with Crippen LogP contribution in [0.15, 0.2) is 24.3 Å². The predicted octanol–water partition coefficient (Wildman–Crippen LogP) is 4.30. The maximum Gasteiger partial charge on any atom is 0.251 e. The van der Waals surface area contributed by atoms with Crippen LogP contribution in [0.25, 0.3) is 0 Å². The quantitative estimate of drug-likeness (QED) is 0.827. The summed E-state index contributed by atoms with van der Waals surface area (Å²) in [4.78, 5) is 12.4. The van der Waals surface area contributed by atoms with Gasteiger partial charge < -0.3 is 5.32 Å². The summed E-state index contributed by atoms with van der Waals surface area (Å²) in [6, 6.07) is 7.81. The van der Waals surface area contributed by atoms with E-state index in [0.717, 1.165) is 30.4 Å². The molecule has 1 aromatic carbocycles. The number of aryl methyl sites for hydroxylation is 1. The van der Waals surface area contributed by atoms with Crippen LogP contribution in [0.2, 0.25) is 0 Å². The highest BCUT2D eigenvalue weighted by atomic mass is 35.5. The molecule has 22 heavy (non-hydrogen) atoms. The van der Waals surface area contributed by atoms with E-state index in [4.69, 9.17) is 11.6 Å². The first-order valence-electron chi connectivity index (χ1n) is 8.49. The summed E-state index contributed by atoms with van der Waals surface area (Å²) in [5, 5.41) is 3.20. The fourth-order valence-electron chi connectivity index (χ4n) is 5.62. The zero-order valence-corrected chi connectivity index (χ0v) is 14.0. The molecule has 0 radical (unpaired) electrons. The normalized spacial score (nSPS) is 39.0. The molecule has 4 aliphatic rings. The lowest BCUT2D eigenvalue weighted by atomic mass is 9.49. The number of carbonyl (C=O) groups is 1. The van der Waals surface area contributed by atoms with E-state index in [1.165, 1.54) is 37.7 Å². The maximum atomic E-state index is 12.4. The lowest BCUT2D eigenvalue weighted by Crippen LogP contribution is -2.56. The van der Waals surface area contributed by atoms with E-state index in [0.29, 0.717) is 0 Å². The van der Waals surface area contributed by atoms with Gasteiger partial charge in [-0.15, -0.1) is 11.6 Å². The number of carbonyl (C=O) groups excluding carboxylic acids is 1. The van der Waals surface area contributed by atoms with Crippen LogP contribution in [0.1, 0.15) is 54.4 Å². The molecule has 0 aromatic heterocycles. The molecule has 2 atom stereocenters. The van der Waals surface area contributed by atoms with Crippen molar-refractivity contribution in [2.45, 2.75) is 50.3 Å². The third-order valence-corrected chi connectivity index (χ3v) is 6.49. The van der Waals surface area contributed by atoms with E-state index in [-0.39, 0.29) is 16.2 Å². The molecule has 4 aliphatic carbocycles. The first kappa shape index (κ1) is 14.6. The average molecular weight is 318 g/mol. The number of halogens is 1. The number of hydrogen-bond acceptors (Lipinski definition) is 1. The van der Waals surface area contributed by atoms with Crippen LogP contribution >= 0.6 is 11.6 Å². The molecule has 4 bridgehead atoms. The Morgan fingerprint density at radius 2 is 1.82 bits per heavy atom. The van der Waals surface area contributed by atoms with Crippen LogP contribution in [0.3, 0.4) is 0 Å². The van der Waals surface area contributed by atoms with Crippen molar-refractivity contribution in [2.24, 2.45) is 17.3 Å². The summed E-state index contributed by atoms with van der Waals surface area (Å²) >= 11 is 6.86. The predicted molar refractivity (Wildman–Crippen MR) is 89.2 cm³/mol. The van der Waals surface area contributed by atoms with Gasteiger partial charge in [0.15, 0.2) is 0 Å². The molecular formula is C19H24ClNO. The Kier molecular flexibility index (Phi) is 3.30. The highest BCUT2D eigenvalue weighted by Gasteiger charge is 2.56. The van der Waals surface area contributed by atoms with E-state index >= 15 is 0 Å².